The smallest absolute Gasteiger partial charge is 0.114 e. The van der Waals surface area contributed by atoms with Gasteiger partial charge in [0.2, 0.25) is 0 Å². The van der Waals surface area contributed by atoms with Crippen molar-refractivity contribution < 1.29 is 0 Å². The van der Waals surface area contributed by atoms with Crippen molar-refractivity contribution in [3.05, 3.63) is 30.1 Å². The highest BCUT2D eigenvalue weighted by Crippen LogP contribution is 2.34. The van der Waals surface area contributed by atoms with Crippen LogP contribution in [0, 0.1) is 0 Å². The number of nitrogens with zero attached hydrogens (tertiary/aromatic N) is 3. The van der Waals surface area contributed by atoms with Gasteiger partial charge in [0.1, 0.15) is 5.82 Å². The molecule has 19 heavy (non-hydrogen) atoms. The van der Waals surface area contributed by atoms with Gasteiger partial charge >= 0.3 is 0 Å². The van der Waals surface area contributed by atoms with Gasteiger partial charge in [-0.3, -0.25) is 4.90 Å². The van der Waals surface area contributed by atoms with Gasteiger partial charge in [-0.1, -0.05) is 18.6 Å². The summed E-state index contributed by atoms with van der Waals surface area (Å²) in [6.07, 6.45) is 5.52. The van der Waals surface area contributed by atoms with E-state index < -0.39 is 0 Å². The molecule has 1 saturated carbocycles. The van der Waals surface area contributed by atoms with E-state index in [9.17, 15) is 0 Å². The highest BCUT2D eigenvalue weighted by Gasteiger charge is 2.33. The first kappa shape index (κ1) is 11.5. The van der Waals surface area contributed by atoms with Crippen LogP contribution in [0.15, 0.2) is 24.3 Å². The predicted molar refractivity (Wildman–Crippen MR) is 77.3 cm³/mol. The summed E-state index contributed by atoms with van der Waals surface area (Å²) >= 11 is 0. The molecule has 0 bridgehead atoms. The molecule has 1 aliphatic carbocycles. The summed E-state index contributed by atoms with van der Waals surface area (Å²) in [4.78, 5) is 7.56. The molecule has 0 amide bonds. The largest absolute Gasteiger partial charge is 0.331 e. The molecular formula is C16H21N3. The average Bonchev–Trinajstić information content (AvgIpc) is 2.94. The van der Waals surface area contributed by atoms with Crippen LogP contribution < -0.4 is 0 Å². The van der Waals surface area contributed by atoms with Gasteiger partial charge in [-0.2, -0.15) is 0 Å². The van der Waals surface area contributed by atoms with Crippen LogP contribution in [0.2, 0.25) is 0 Å². The molecule has 1 saturated heterocycles. The Morgan fingerprint density at radius 2 is 2.00 bits per heavy atom. The molecule has 100 valence electrons. The maximum atomic E-state index is 4.87. The zero-order valence-corrected chi connectivity index (χ0v) is 11.5. The third kappa shape index (κ3) is 1.79. The number of rotatable bonds is 2. The van der Waals surface area contributed by atoms with Crippen LogP contribution in [0.5, 0.6) is 0 Å². The maximum Gasteiger partial charge on any atom is 0.114 e. The molecule has 1 aromatic heterocycles. The molecule has 0 radical (unpaired) electrons. The molecule has 0 N–H and O–H groups in total. The molecule has 3 nitrogen and oxygen atoms in total. The van der Waals surface area contributed by atoms with Gasteiger partial charge in [0, 0.05) is 25.6 Å². The molecule has 1 aliphatic heterocycles. The second-order valence-electron chi connectivity index (χ2n) is 6.08. The number of likely N-dealkylation sites (tertiary alicyclic amines) is 1. The average molecular weight is 255 g/mol. The van der Waals surface area contributed by atoms with Gasteiger partial charge < -0.3 is 4.57 Å². The van der Waals surface area contributed by atoms with Gasteiger partial charge in [-0.15, -0.1) is 0 Å². The zero-order chi connectivity index (χ0) is 12.8. The first-order valence-electron chi connectivity index (χ1n) is 7.48. The summed E-state index contributed by atoms with van der Waals surface area (Å²) in [5, 5.41) is 0. The van der Waals surface area contributed by atoms with Crippen molar-refractivity contribution in [3.63, 3.8) is 0 Å². The Labute approximate surface area is 114 Å². The highest BCUT2D eigenvalue weighted by atomic mass is 15.2. The van der Waals surface area contributed by atoms with E-state index in [0.29, 0.717) is 5.92 Å². The fourth-order valence-electron chi connectivity index (χ4n) is 3.61. The second kappa shape index (κ2) is 4.34. The molecule has 0 unspecified atom stereocenters. The van der Waals surface area contributed by atoms with Crippen molar-refractivity contribution >= 4 is 11.0 Å². The Balaban J connectivity index is 1.62. The van der Waals surface area contributed by atoms with E-state index >= 15 is 0 Å². The number of aryl methyl sites for hydroxylation is 1. The third-order valence-corrected chi connectivity index (χ3v) is 5.00. The van der Waals surface area contributed by atoms with Gasteiger partial charge in [0.05, 0.1) is 11.0 Å². The molecule has 3 heteroatoms. The van der Waals surface area contributed by atoms with Crippen LogP contribution in [0.4, 0.5) is 0 Å². The van der Waals surface area contributed by atoms with E-state index in [-0.39, 0.29) is 0 Å². The topological polar surface area (TPSA) is 21.1 Å². The molecule has 4 rings (SSSR count). The summed E-state index contributed by atoms with van der Waals surface area (Å²) in [5.74, 6) is 1.90. The van der Waals surface area contributed by atoms with Crippen molar-refractivity contribution in [2.24, 2.45) is 7.05 Å². The first-order valence-corrected chi connectivity index (χ1v) is 7.48. The van der Waals surface area contributed by atoms with Crippen LogP contribution >= 0.6 is 0 Å². The van der Waals surface area contributed by atoms with E-state index in [1.807, 2.05) is 0 Å². The summed E-state index contributed by atoms with van der Waals surface area (Å²) < 4.78 is 2.30. The van der Waals surface area contributed by atoms with Crippen molar-refractivity contribution in [3.8, 4) is 0 Å². The van der Waals surface area contributed by atoms with E-state index in [1.165, 1.54) is 50.1 Å². The minimum absolute atomic E-state index is 0.623. The Bertz CT molecular complexity index is 597. The lowest BCUT2D eigenvalue weighted by Crippen LogP contribution is -2.38. The molecule has 1 aromatic carbocycles. The van der Waals surface area contributed by atoms with Crippen molar-refractivity contribution in [1.82, 2.24) is 14.5 Å². The van der Waals surface area contributed by atoms with Crippen LogP contribution in [-0.2, 0) is 7.05 Å². The SMILES string of the molecule is Cn1c([C@H]2CCN(C3CCC3)C2)nc2ccccc21. The number of imidazole rings is 1. The number of hydrogen-bond acceptors (Lipinski definition) is 2. The van der Waals surface area contributed by atoms with Crippen molar-refractivity contribution in [2.75, 3.05) is 13.1 Å². The van der Waals surface area contributed by atoms with E-state index in [2.05, 4.69) is 40.8 Å². The normalized spacial score (nSPS) is 25.0. The van der Waals surface area contributed by atoms with Gasteiger partial charge in [0.15, 0.2) is 0 Å². The van der Waals surface area contributed by atoms with Crippen LogP contribution in [0.3, 0.4) is 0 Å². The second-order valence-corrected chi connectivity index (χ2v) is 6.08. The van der Waals surface area contributed by atoms with Crippen LogP contribution in [-0.4, -0.2) is 33.6 Å². The summed E-state index contributed by atoms with van der Waals surface area (Å²) in [7, 11) is 2.16. The maximum absolute atomic E-state index is 4.87. The molecule has 1 atom stereocenters. The van der Waals surface area contributed by atoms with E-state index in [4.69, 9.17) is 4.98 Å². The molecule has 2 heterocycles. The molecule has 0 spiro atoms. The van der Waals surface area contributed by atoms with E-state index in [1.54, 1.807) is 0 Å². The van der Waals surface area contributed by atoms with Crippen LogP contribution in [0.25, 0.3) is 11.0 Å². The fourth-order valence-corrected chi connectivity index (χ4v) is 3.61. The fraction of sp³-hybridized carbons (Fsp3) is 0.562. The lowest BCUT2D eigenvalue weighted by Gasteiger charge is -2.34. The Morgan fingerprint density at radius 3 is 2.74 bits per heavy atom. The Kier molecular flexibility index (Phi) is 2.62. The number of benzene rings is 1. The monoisotopic (exact) mass is 255 g/mol. The predicted octanol–water partition coefficient (Wildman–Crippen LogP) is 2.92. The minimum atomic E-state index is 0.623. The highest BCUT2D eigenvalue weighted by molar-refractivity contribution is 5.75. The number of para-hydroxylation sites is 2. The van der Waals surface area contributed by atoms with Crippen LogP contribution in [0.1, 0.15) is 37.4 Å². The summed E-state index contributed by atoms with van der Waals surface area (Å²) in [6, 6.07) is 9.35. The van der Waals surface area contributed by atoms with Crippen molar-refractivity contribution in [1.29, 1.82) is 0 Å². The third-order valence-electron chi connectivity index (χ3n) is 5.00. The first-order chi connectivity index (χ1) is 9.33. The standard InChI is InChI=1S/C16H21N3/c1-18-15-8-3-2-7-14(15)17-16(18)12-9-10-19(11-12)13-5-4-6-13/h2-3,7-8,12-13H,4-6,9-11H2,1H3/t12-/m0/s1. The van der Waals surface area contributed by atoms with Crippen molar-refractivity contribution in [2.45, 2.75) is 37.6 Å². The number of fused-ring (bicyclic) bond motifs is 1. The van der Waals surface area contributed by atoms with Gasteiger partial charge in [-0.05, 0) is 37.9 Å². The number of hydrogen-bond donors (Lipinski definition) is 0. The quantitative estimate of drug-likeness (QED) is 0.822. The lowest BCUT2D eigenvalue weighted by atomic mass is 9.92. The summed E-state index contributed by atoms with van der Waals surface area (Å²) in [6.45, 7) is 2.47. The van der Waals surface area contributed by atoms with E-state index in [0.717, 1.165) is 11.6 Å². The Morgan fingerprint density at radius 1 is 1.16 bits per heavy atom. The number of aromatic nitrogens is 2. The lowest BCUT2D eigenvalue weighted by molar-refractivity contribution is 0.156. The zero-order valence-electron chi connectivity index (χ0n) is 11.5. The van der Waals surface area contributed by atoms with Gasteiger partial charge in [0.25, 0.3) is 0 Å². The Hall–Kier alpha value is -1.35. The minimum Gasteiger partial charge on any atom is -0.331 e. The molecular weight excluding hydrogens is 234 g/mol. The molecule has 2 fully saturated rings. The summed E-state index contributed by atoms with van der Waals surface area (Å²) in [5.41, 5.74) is 2.40. The molecule has 2 aliphatic rings. The molecule has 2 aromatic rings. The van der Waals surface area contributed by atoms with Gasteiger partial charge in [-0.25, -0.2) is 4.98 Å².